The van der Waals surface area contributed by atoms with Gasteiger partial charge in [0.1, 0.15) is 0 Å². The minimum Gasteiger partial charge on any atom is -0.380 e. The molecule has 0 spiro atoms. The second kappa shape index (κ2) is 7.41. The Bertz CT molecular complexity index is 310. The van der Waals surface area contributed by atoms with E-state index in [1.165, 1.54) is 0 Å². The van der Waals surface area contributed by atoms with Crippen LogP contribution in [0.15, 0.2) is 0 Å². The molecule has 4 heteroatoms. The van der Waals surface area contributed by atoms with Gasteiger partial charge in [-0.1, -0.05) is 48.5 Å². The number of nitrogens with one attached hydrogen (secondary N) is 1. The van der Waals surface area contributed by atoms with E-state index in [2.05, 4.69) is 33.0 Å². The quantitative estimate of drug-likeness (QED) is 0.684. The number of amides is 1. The Hall–Kier alpha value is -0.610. The Morgan fingerprint density at radius 1 is 1.05 bits per heavy atom. The lowest BCUT2D eigenvalue weighted by atomic mass is 9.88. The fourth-order valence-corrected chi connectivity index (χ4v) is 1.43. The SMILES string of the molecule is CCC(C)(C)C(=O)NCC(C)(C)COCC(C)(C)CN. The predicted molar refractivity (Wildman–Crippen MR) is 84.5 cm³/mol. The van der Waals surface area contributed by atoms with Crippen molar-refractivity contribution < 1.29 is 9.53 Å². The molecular formula is C16H34N2O2. The van der Waals surface area contributed by atoms with Crippen molar-refractivity contribution in [2.24, 2.45) is 22.0 Å². The number of carbonyl (C=O) groups is 1. The maximum atomic E-state index is 12.1. The summed E-state index contributed by atoms with van der Waals surface area (Å²) in [5, 5.41) is 3.03. The molecule has 0 fully saturated rings. The van der Waals surface area contributed by atoms with E-state index in [0.29, 0.717) is 26.3 Å². The number of hydrogen-bond acceptors (Lipinski definition) is 3. The summed E-state index contributed by atoms with van der Waals surface area (Å²) in [4.78, 5) is 12.1. The molecule has 0 aliphatic heterocycles. The zero-order chi connectivity index (χ0) is 16.0. The van der Waals surface area contributed by atoms with Crippen LogP contribution < -0.4 is 11.1 Å². The van der Waals surface area contributed by atoms with E-state index < -0.39 is 0 Å². The molecule has 0 heterocycles. The summed E-state index contributed by atoms with van der Waals surface area (Å²) in [5.74, 6) is 0.107. The van der Waals surface area contributed by atoms with Gasteiger partial charge in [-0.05, 0) is 13.0 Å². The molecule has 0 aromatic rings. The average molecular weight is 286 g/mol. The molecule has 1 amide bonds. The van der Waals surface area contributed by atoms with Gasteiger partial charge >= 0.3 is 0 Å². The minimum absolute atomic E-state index is 0.00350. The molecule has 0 aromatic heterocycles. The molecule has 120 valence electrons. The maximum Gasteiger partial charge on any atom is 0.225 e. The van der Waals surface area contributed by atoms with Crippen LogP contribution in [0.3, 0.4) is 0 Å². The van der Waals surface area contributed by atoms with Gasteiger partial charge in [0.2, 0.25) is 5.91 Å². The van der Waals surface area contributed by atoms with Gasteiger partial charge in [0.25, 0.3) is 0 Å². The van der Waals surface area contributed by atoms with Crippen molar-refractivity contribution >= 4 is 5.91 Å². The molecule has 0 saturated carbocycles. The van der Waals surface area contributed by atoms with Crippen molar-refractivity contribution in [2.45, 2.75) is 54.9 Å². The van der Waals surface area contributed by atoms with Crippen LogP contribution in [0.2, 0.25) is 0 Å². The van der Waals surface area contributed by atoms with Crippen LogP contribution in [0.1, 0.15) is 54.9 Å². The van der Waals surface area contributed by atoms with Gasteiger partial charge in [0.15, 0.2) is 0 Å². The van der Waals surface area contributed by atoms with Crippen molar-refractivity contribution in [1.82, 2.24) is 5.32 Å². The first-order valence-corrected chi connectivity index (χ1v) is 7.52. The first-order valence-electron chi connectivity index (χ1n) is 7.52. The largest absolute Gasteiger partial charge is 0.380 e. The lowest BCUT2D eigenvalue weighted by molar-refractivity contribution is -0.130. The first kappa shape index (κ1) is 19.4. The smallest absolute Gasteiger partial charge is 0.225 e. The van der Waals surface area contributed by atoms with E-state index in [0.717, 1.165) is 6.42 Å². The standard InChI is InChI=1S/C16H34N2O2/c1-8-16(6,7)13(19)18-10-15(4,5)12-20-11-14(2,3)9-17/h8-12,17H2,1-7H3,(H,18,19). The van der Waals surface area contributed by atoms with E-state index in [4.69, 9.17) is 10.5 Å². The molecule has 0 saturated heterocycles. The van der Waals surface area contributed by atoms with E-state index in [1.54, 1.807) is 0 Å². The van der Waals surface area contributed by atoms with Gasteiger partial charge in [0.05, 0.1) is 13.2 Å². The highest BCUT2D eigenvalue weighted by molar-refractivity contribution is 5.81. The molecule has 0 aromatic carbocycles. The van der Waals surface area contributed by atoms with Gasteiger partial charge in [0, 0.05) is 22.8 Å². The van der Waals surface area contributed by atoms with Crippen LogP contribution in [0.4, 0.5) is 0 Å². The zero-order valence-electron chi connectivity index (χ0n) is 14.4. The monoisotopic (exact) mass is 286 g/mol. The predicted octanol–water partition coefficient (Wildman–Crippen LogP) is 2.57. The molecular weight excluding hydrogens is 252 g/mol. The average Bonchev–Trinajstić information content (AvgIpc) is 2.35. The Morgan fingerprint density at radius 3 is 2.00 bits per heavy atom. The van der Waals surface area contributed by atoms with E-state index in [-0.39, 0.29) is 22.2 Å². The summed E-state index contributed by atoms with van der Waals surface area (Å²) >= 11 is 0. The molecule has 0 unspecified atom stereocenters. The summed E-state index contributed by atoms with van der Waals surface area (Å²) < 4.78 is 5.77. The Morgan fingerprint density at radius 2 is 1.55 bits per heavy atom. The third-order valence-electron chi connectivity index (χ3n) is 3.76. The van der Waals surface area contributed by atoms with Crippen LogP contribution in [0, 0.1) is 16.2 Å². The number of hydrogen-bond donors (Lipinski definition) is 2. The number of nitrogens with two attached hydrogens (primary N) is 1. The highest BCUT2D eigenvalue weighted by Gasteiger charge is 2.28. The van der Waals surface area contributed by atoms with E-state index in [1.807, 2.05) is 20.8 Å². The van der Waals surface area contributed by atoms with Crippen LogP contribution in [0.5, 0.6) is 0 Å². The van der Waals surface area contributed by atoms with Crippen molar-refractivity contribution in [3.05, 3.63) is 0 Å². The highest BCUT2D eigenvalue weighted by Crippen LogP contribution is 2.22. The zero-order valence-corrected chi connectivity index (χ0v) is 14.4. The summed E-state index contributed by atoms with van der Waals surface area (Å²) in [5.41, 5.74) is 5.30. The number of rotatable bonds is 9. The number of carbonyl (C=O) groups excluding carboxylic acids is 1. The van der Waals surface area contributed by atoms with Gasteiger partial charge in [-0.2, -0.15) is 0 Å². The van der Waals surface area contributed by atoms with Crippen molar-refractivity contribution in [3.8, 4) is 0 Å². The fourth-order valence-electron chi connectivity index (χ4n) is 1.43. The molecule has 3 N–H and O–H groups in total. The van der Waals surface area contributed by atoms with Crippen LogP contribution >= 0.6 is 0 Å². The molecule has 0 aliphatic carbocycles. The molecule has 0 rings (SSSR count). The molecule has 0 radical (unpaired) electrons. The van der Waals surface area contributed by atoms with E-state index in [9.17, 15) is 4.79 Å². The normalized spacial score (nSPS) is 13.4. The minimum atomic E-state index is -0.307. The fraction of sp³-hybridized carbons (Fsp3) is 0.938. The topological polar surface area (TPSA) is 64.3 Å². The maximum absolute atomic E-state index is 12.1. The van der Waals surface area contributed by atoms with Gasteiger partial charge < -0.3 is 15.8 Å². The molecule has 0 atom stereocenters. The molecule has 0 aliphatic rings. The lowest BCUT2D eigenvalue weighted by Crippen LogP contribution is -2.43. The third-order valence-corrected chi connectivity index (χ3v) is 3.76. The van der Waals surface area contributed by atoms with Crippen molar-refractivity contribution in [3.63, 3.8) is 0 Å². The van der Waals surface area contributed by atoms with E-state index >= 15 is 0 Å². The van der Waals surface area contributed by atoms with Crippen molar-refractivity contribution in [1.29, 1.82) is 0 Å². The van der Waals surface area contributed by atoms with Gasteiger partial charge in [-0.15, -0.1) is 0 Å². The van der Waals surface area contributed by atoms with Gasteiger partial charge in [-0.25, -0.2) is 0 Å². The van der Waals surface area contributed by atoms with Crippen LogP contribution in [0.25, 0.3) is 0 Å². The van der Waals surface area contributed by atoms with Crippen LogP contribution in [-0.2, 0) is 9.53 Å². The second-order valence-electron chi connectivity index (χ2n) is 7.95. The Kier molecular flexibility index (Phi) is 7.19. The first-order chi connectivity index (χ1) is 8.96. The Labute approximate surface area is 124 Å². The molecule has 20 heavy (non-hydrogen) atoms. The van der Waals surface area contributed by atoms with Crippen molar-refractivity contribution in [2.75, 3.05) is 26.3 Å². The summed E-state index contributed by atoms with van der Waals surface area (Å²) in [6.07, 6.45) is 0.834. The van der Waals surface area contributed by atoms with Gasteiger partial charge in [-0.3, -0.25) is 4.79 Å². The highest BCUT2D eigenvalue weighted by atomic mass is 16.5. The Balaban J connectivity index is 4.17. The number of ether oxygens (including phenoxy) is 1. The lowest BCUT2D eigenvalue weighted by Gasteiger charge is -2.30. The van der Waals surface area contributed by atoms with Crippen LogP contribution in [-0.4, -0.2) is 32.2 Å². The summed E-state index contributed by atoms with van der Waals surface area (Å²) in [6.45, 7) is 16.8. The molecule has 4 nitrogen and oxygen atoms in total. The second-order valence-corrected chi connectivity index (χ2v) is 7.95. The summed E-state index contributed by atoms with van der Waals surface area (Å²) in [6, 6.07) is 0. The summed E-state index contributed by atoms with van der Waals surface area (Å²) in [7, 11) is 0. The molecule has 0 bridgehead atoms. The third kappa shape index (κ3) is 7.25.